The van der Waals surface area contributed by atoms with Crippen LogP contribution < -0.4 is 0 Å². The van der Waals surface area contributed by atoms with Crippen molar-refractivity contribution in [1.29, 1.82) is 0 Å². The number of hydrogen-bond donors (Lipinski definition) is 0. The van der Waals surface area contributed by atoms with Crippen LogP contribution in [0.4, 0.5) is 0 Å². The van der Waals surface area contributed by atoms with Crippen molar-refractivity contribution in [3.05, 3.63) is 24.8 Å². The van der Waals surface area contributed by atoms with Crippen LogP contribution in [0.1, 0.15) is 34.1 Å². The fourth-order valence-electron chi connectivity index (χ4n) is 0.658. The summed E-state index contributed by atoms with van der Waals surface area (Å²) in [5.41, 5.74) is 1.17. The third kappa shape index (κ3) is 7.67. The van der Waals surface area contributed by atoms with Gasteiger partial charge in [-0.05, 0) is 19.9 Å². The molecule has 1 fully saturated rings. The number of hydrogen-bond acceptors (Lipinski definition) is 2. The average Bonchev–Trinajstić information content (AvgIpc) is 2.17. The third-order valence-electron chi connectivity index (χ3n) is 1.29. The Labute approximate surface area is 92.5 Å². The summed E-state index contributed by atoms with van der Waals surface area (Å²) in [6, 6.07) is 0. The normalized spacial score (nSPS) is 12.3. The monoisotopic (exact) mass is 211 g/mol. The number of allylic oxidation sites excluding steroid dienone is 1. The zero-order chi connectivity index (χ0) is 12.4. The van der Waals surface area contributed by atoms with E-state index in [9.17, 15) is 9.59 Å². The largest absolute Gasteiger partial charge is 0.278 e. The molecule has 15 heavy (non-hydrogen) atoms. The Bertz CT molecular complexity index is 240. The van der Waals surface area contributed by atoms with E-state index >= 15 is 0 Å². The van der Waals surface area contributed by atoms with E-state index in [0.29, 0.717) is 13.0 Å². The Kier molecular flexibility index (Phi) is 9.84. The average molecular weight is 211 g/mol. The van der Waals surface area contributed by atoms with Crippen LogP contribution in [0, 0.1) is 0 Å². The lowest BCUT2D eigenvalue weighted by Crippen LogP contribution is -2.46. The number of imide groups is 1. The second-order valence-corrected chi connectivity index (χ2v) is 3.04. The van der Waals surface area contributed by atoms with Crippen molar-refractivity contribution in [3.8, 4) is 0 Å². The molecule has 3 nitrogen and oxygen atoms in total. The van der Waals surface area contributed by atoms with E-state index in [1.807, 2.05) is 27.7 Å². The fourth-order valence-corrected chi connectivity index (χ4v) is 0.658. The number of carbonyl (C=O) groups is 2. The predicted octanol–water partition coefficient (Wildman–Crippen LogP) is 2.54. The molecule has 86 valence electrons. The van der Waals surface area contributed by atoms with Crippen molar-refractivity contribution in [2.24, 2.45) is 0 Å². The van der Waals surface area contributed by atoms with E-state index in [-0.39, 0.29) is 11.8 Å². The molecule has 0 aromatic heterocycles. The summed E-state index contributed by atoms with van der Waals surface area (Å²) in [4.78, 5) is 22.3. The standard InChI is InChI=1S/C6H7NO2.C4H8.C2H6/c1-2-5(8)7-4-3-6(7)9;1-4(2)3;1-2/h2H,1,3-4H2;1H2,2-3H3;1-2H3. The van der Waals surface area contributed by atoms with Crippen molar-refractivity contribution in [3.63, 3.8) is 0 Å². The molecule has 2 amide bonds. The Morgan fingerprint density at radius 1 is 1.40 bits per heavy atom. The minimum absolute atomic E-state index is 0.0973. The summed E-state index contributed by atoms with van der Waals surface area (Å²) in [7, 11) is 0. The number of β-lactam (4-membered cyclic amide) rings is 1. The van der Waals surface area contributed by atoms with Gasteiger partial charge in [-0.15, -0.1) is 6.58 Å². The molecule has 1 saturated heterocycles. The van der Waals surface area contributed by atoms with Crippen LogP contribution in [0.25, 0.3) is 0 Å². The highest BCUT2D eigenvalue weighted by atomic mass is 16.2. The van der Waals surface area contributed by atoms with Crippen molar-refractivity contribution in [2.45, 2.75) is 34.1 Å². The number of rotatable bonds is 1. The molecule has 1 heterocycles. The molecule has 0 radical (unpaired) electrons. The summed E-state index contributed by atoms with van der Waals surface area (Å²) in [5, 5.41) is 0. The molecule has 0 N–H and O–H groups in total. The molecule has 0 aromatic carbocycles. The van der Waals surface area contributed by atoms with Crippen molar-refractivity contribution in [2.75, 3.05) is 6.54 Å². The van der Waals surface area contributed by atoms with Gasteiger partial charge in [-0.1, -0.05) is 26.0 Å². The summed E-state index contributed by atoms with van der Waals surface area (Å²) in [6.45, 7) is 15.3. The van der Waals surface area contributed by atoms with Crippen LogP contribution in [-0.2, 0) is 9.59 Å². The van der Waals surface area contributed by atoms with E-state index in [0.717, 1.165) is 6.08 Å². The maximum Gasteiger partial charge on any atom is 0.252 e. The van der Waals surface area contributed by atoms with Gasteiger partial charge in [-0.25, -0.2) is 0 Å². The summed E-state index contributed by atoms with van der Waals surface area (Å²) in [5.74, 6) is -0.383. The first kappa shape index (κ1) is 16.1. The first-order chi connectivity index (χ1) is 6.99. The van der Waals surface area contributed by atoms with Gasteiger partial charge in [0.25, 0.3) is 5.91 Å². The Hall–Kier alpha value is -1.38. The first-order valence-electron chi connectivity index (χ1n) is 5.08. The molecule has 0 spiro atoms. The molecule has 0 unspecified atom stereocenters. The van der Waals surface area contributed by atoms with E-state index in [1.165, 1.54) is 10.5 Å². The second-order valence-electron chi connectivity index (χ2n) is 3.04. The van der Waals surface area contributed by atoms with Gasteiger partial charge in [0.15, 0.2) is 0 Å². The minimum Gasteiger partial charge on any atom is -0.278 e. The maximum absolute atomic E-state index is 10.6. The Morgan fingerprint density at radius 2 is 1.80 bits per heavy atom. The molecule has 0 atom stereocenters. The highest BCUT2D eigenvalue weighted by Gasteiger charge is 2.27. The Balaban J connectivity index is 0. The molecule has 0 bridgehead atoms. The summed E-state index contributed by atoms with van der Waals surface area (Å²) < 4.78 is 0. The molecule has 1 aliphatic rings. The van der Waals surface area contributed by atoms with Crippen molar-refractivity contribution < 1.29 is 9.59 Å². The van der Waals surface area contributed by atoms with Gasteiger partial charge in [0, 0.05) is 13.0 Å². The molecule has 1 aliphatic heterocycles. The van der Waals surface area contributed by atoms with E-state index in [2.05, 4.69) is 13.2 Å². The van der Waals surface area contributed by atoms with Crippen LogP contribution in [-0.4, -0.2) is 23.3 Å². The van der Waals surface area contributed by atoms with E-state index in [1.54, 1.807) is 0 Å². The fraction of sp³-hybridized carbons (Fsp3) is 0.500. The summed E-state index contributed by atoms with van der Waals surface area (Å²) in [6.07, 6.45) is 1.65. The van der Waals surface area contributed by atoms with Crippen molar-refractivity contribution in [1.82, 2.24) is 4.90 Å². The van der Waals surface area contributed by atoms with Gasteiger partial charge in [0.05, 0.1) is 0 Å². The van der Waals surface area contributed by atoms with Crippen LogP contribution >= 0.6 is 0 Å². The number of amides is 2. The SMILES string of the molecule is C=C(C)C.C=CC(=O)N1CCC1=O.CC. The maximum atomic E-state index is 10.6. The highest BCUT2D eigenvalue weighted by molar-refractivity contribution is 6.03. The lowest BCUT2D eigenvalue weighted by Gasteiger charge is -2.26. The van der Waals surface area contributed by atoms with Gasteiger partial charge >= 0.3 is 0 Å². The van der Waals surface area contributed by atoms with Crippen LogP contribution in [0.5, 0.6) is 0 Å². The van der Waals surface area contributed by atoms with Crippen LogP contribution in [0.2, 0.25) is 0 Å². The lowest BCUT2D eigenvalue weighted by atomic mass is 10.2. The number of nitrogens with zero attached hydrogens (tertiary/aromatic N) is 1. The second kappa shape index (κ2) is 9.19. The topological polar surface area (TPSA) is 37.4 Å². The predicted molar refractivity (Wildman–Crippen MR) is 63.4 cm³/mol. The van der Waals surface area contributed by atoms with Gasteiger partial charge in [-0.3, -0.25) is 14.5 Å². The van der Waals surface area contributed by atoms with Crippen molar-refractivity contribution >= 4 is 11.8 Å². The zero-order valence-corrected chi connectivity index (χ0v) is 10.2. The molecule has 0 aromatic rings. The van der Waals surface area contributed by atoms with Gasteiger partial charge in [0.1, 0.15) is 0 Å². The highest BCUT2D eigenvalue weighted by Crippen LogP contribution is 2.07. The molecule has 0 aliphatic carbocycles. The van der Waals surface area contributed by atoms with E-state index < -0.39 is 0 Å². The Morgan fingerprint density at radius 3 is 1.87 bits per heavy atom. The lowest BCUT2D eigenvalue weighted by molar-refractivity contribution is -0.149. The molecular weight excluding hydrogens is 190 g/mol. The quantitative estimate of drug-likeness (QED) is 0.380. The molecule has 0 saturated carbocycles. The molecule has 1 rings (SSSR count). The third-order valence-corrected chi connectivity index (χ3v) is 1.29. The number of carbonyl (C=O) groups excluding carboxylic acids is 2. The van der Waals surface area contributed by atoms with Gasteiger partial charge < -0.3 is 0 Å². The van der Waals surface area contributed by atoms with Crippen LogP contribution in [0.3, 0.4) is 0 Å². The van der Waals surface area contributed by atoms with Gasteiger partial charge in [-0.2, -0.15) is 0 Å². The molecular formula is C12H21NO2. The molecule has 3 heteroatoms. The number of likely N-dealkylation sites (tertiary alicyclic amines) is 1. The van der Waals surface area contributed by atoms with Crippen LogP contribution in [0.15, 0.2) is 24.8 Å². The minimum atomic E-state index is -0.286. The van der Waals surface area contributed by atoms with Gasteiger partial charge in [0.2, 0.25) is 5.91 Å². The summed E-state index contributed by atoms with van der Waals surface area (Å²) >= 11 is 0. The smallest absolute Gasteiger partial charge is 0.252 e. The zero-order valence-electron chi connectivity index (χ0n) is 10.2. The first-order valence-corrected chi connectivity index (χ1v) is 5.08. The van der Waals surface area contributed by atoms with E-state index in [4.69, 9.17) is 0 Å².